The quantitative estimate of drug-likeness (QED) is 0.757. The van der Waals surface area contributed by atoms with Crippen LogP contribution >= 0.6 is 0 Å². The first kappa shape index (κ1) is 22.3. The summed E-state index contributed by atoms with van der Waals surface area (Å²) in [7, 11) is 3.90. The van der Waals surface area contributed by atoms with E-state index in [0.29, 0.717) is 67.4 Å². The number of nitrogens with one attached hydrogen (secondary N) is 1. The van der Waals surface area contributed by atoms with Gasteiger partial charge in [0.05, 0.1) is 12.1 Å². The summed E-state index contributed by atoms with van der Waals surface area (Å²) in [4.78, 5) is 35.3. The lowest BCUT2D eigenvalue weighted by Gasteiger charge is -2.22. The van der Waals surface area contributed by atoms with Crippen LogP contribution in [0.3, 0.4) is 0 Å². The average Bonchev–Trinajstić information content (AvgIpc) is 2.94. The van der Waals surface area contributed by atoms with Gasteiger partial charge in [-0.3, -0.25) is 14.7 Å². The summed E-state index contributed by atoms with van der Waals surface area (Å²) in [6, 6.07) is 1.55. The smallest absolute Gasteiger partial charge is 0.322 e. The van der Waals surface area contributed by atoms with Gasteiger partial charge >= 0.3 is 6.03 Å². The number of hydrogen-bond donors (Lipinski definition) is 1. The Bertz CT molecular complexity index is 985. The minimum Gasteiger partial charge on any atom is -0.359 e. The molecule has 1 aliphatic rings. The van der Waals surface area contributed by atoms with Crippen molar-refractivity contribution >= 4 is 17.6 Å². The number of aromatic nitrogens is 2. The molecule has 31 heavy (non-hydrogen) atoms. The molecule has 1 fully saturated rings. The Hall–Kier alpha value is -3.38. The monoisotopic (exact) mass is 424 g/mol. The van der Waals surface area contributed by atoms with Crippen molar-refractivity contribution in [1.29, 1.82) is 0 Å². The standard InChI is InChI=1S/C22H28N6O3/c1-16-20(17(2)31-25-16)24-22(30)28-10-6-9-27(11-12-28)21(29)19-13-18(14-23-15-19)7-5-8-26(3)4/h13-15H,6,8-12H2,1-4H3,(H,24,30). The fourth-order valence-electron chi connectivity index (χ4n) is 3.28. The number of aryl methyl sites for hydroxylation is 2. The SMILES string of the molecule is Cc1noc(C)c1NC(=O)N1CCCN(C(=O)c2cncc(C#CCN(C)C)c2)CC1. The highest BCUT2D eigenvalue weighted by atomic mass is 16.5. The van der Waals surface area contributed by atoms with Crippen molar-refractivity contribution in [2.24, 2.45) is 0 Å². The molecule has 1 saturated heterocycles. The molecule has 2 aromatic rings. The molecular formula is C22H28N6O3. The molecule has 9 heteroatoms. The van der Waals surface area contributed by atoms with Crippen molar-refractivity contribution < 1.29 is 14.1 Å². The molecule has 3 heterocycles. The number of rotatable bonds is 3. The molecule has 3 amide bonds. The number of anilines is 1. The predicted molar refractivity (Wildman–Crippen MR) is 117 cm³/mol. The van der Waals surface area contributed by atoms with E-state index in [1.165, 1.54) is 0 Å². The number of nitrogens with zero attached hydrogens (tertiary/aromatic N) is 5. The third-order valence-electron chi connectivity index (χ3n) is 4.95. The topological polar surface area (TPSA) is 94.8 Å². The first-order chi connectivity index (χ1) is 14.8. The fraction of sp³-hybridized carbons (Fsp3) is 0.455. The van der Waals surface area contributed by atoms with Crippen LogP contribution in [0.15, 0.2) is 23.0 Å². The summed E-state index contributed by atoms with van der Waals surface area (Å²) >= 11 is 0. The zero-order valence-electron chi connectivity index (χ0n) is 18.4. The molecule has 1 N–H and O–H groups in total. The average molecular weight is 425 g/mol. The lowest BCUT2D eigenvalue weighted by molar-refractivity contribution is 0.0762. The molecule has 0 spiro atoms. The van der Waals surface area contributed by atoms with Crippen molar-refractivity contribution in [2.75, 3.05) is 52.1 Å². The molecule has 3 rings (SSSR count). The largest absolute Gasteiger partial charge is 0.359 e. The highest BCUT2D eigenvalue weighted by Crippen LogP contribution is 2.19. The summed E-state index contributed by atoms with van der Waals surface area (Å²) in [6.07, 6.45) is 3.91. The second-order valence-electron chi connectivity index (χ2n) is 7.76. The van der Waals surface area contributed by atoms with E-state index in [9.17, 15) is 9.59 Å². The van der Waals surface area contributed by atoms with Gasteiger partial charge in [-0.1, -0.05) is 17.0 Å². The van der Waals surface area contributed by atoms with Gasteiger partial charge in [-0.05, 0) is 40.4 Å². The van der Waals surface area contributed by atoms with Gasteiger partial charge in [0.15, 0.2) is 5.76 Å². The van der Waals surface area contributed by atoms with Crippen LogP contribution in [0.25, 0.3) is 0 Å². The molecule has 2 aromatic heterocycles. The molecule has 164 valence electrons. The molecule has 0 radical (unpaired) electrons. The van der Waals surface area contributed by atoms with Crippen LogP contribution in [0.2, 0.25) is 0 Å². The predicted octanol–water partition coefficient (Wildman–Crippen LogP) is 1.98. The molecule has 9 nitrogen and oxygen atoms in total. The number of pyridine rings is 1. The van der Waals surface area contributed by atoms with Gasteiger partial charge in [-0.25, -0.2) is 4.79 Å². The van der Waals surface area contributed by atoms with E-state index in [2.05, 4.69) is 27.3 Å². The van der Waals surface area contributed by atoms with Crippen molar-refractivity contribution in [3.8, 4) is 11.8 Å². The molecule has 0 saturated carbocycles. The van der Waals surface area contributed by atoms with Crippen LogP contribution in [-0.4, -0.2) is 83.6 Å². The van der Waals surface area contributed by atoms with Crippen LogP contribution in [0.4, 0.5) is 10.5 Å². The molecular weight excluding hydrogens is 396 g/mol. The Morgan fingerprint density at radius 2 is 1.90 bits per heavy atom. The van der Waals surface area contributed by atoms with Gasteiger partial charge in [0, 0.05) is 44.1 Å². The van der Waals surface area contributed by atoms with Gasteiger partial charge in [0.25, 0.3) is 5.91 Å². The first-order valence-corrected chi connectivity index (χ1v) is 10.2. The zero-order chi connectivity index (χ0) is 22.4. The zero-order valence-corrected chi connectivity index (χ0v) is 18.4. The van der Waals surface area contributed by atoms with Crippen molar-refractivity contribution in [3.63, 3.8) is 0 Å². The third kappa shape index (κ3) is 5.83. The Balaban J connectivity index is 1.62. The van der Waals surface area contributed by atoms with Crippen LogP contribution in [-0.2, 0) is 0 Å². The van der Waals surface area contributed by atoms with E-state index >= 15 is 0 Å². The normalized spacial score (nSPS) is 14.1. The Labute approximate surface area is 182 Å². The molecule has 0 unspecified atom stereocenters. The van der Waals surface area contributed by atoms with Gasteiger partial charge in [0.1, 0.15) is 11.4 Å². The molecule has 0 bridgehead atoms. The minimum absolute atomic E-state index is 0.100. The van der Waals surface area contributed by atoms with Crippen molar-refractivity contribution in [2.45, 2.75) is 20.3 Å². The second-order valence-corrected chi connectivity index (χ2v) is 7.76. The Morgan fingerprint density at radius 3 is 2.61 bits per heavy atom. The van der Waals surface area contributed by atoms with E-state index in [1.807, 2.05) is 19.0 Å². The summed E-state index contributed by atoms with van der Waals surface area (Å²) < 4.78 is 5.10. The lowest BCUT2D eigenvalue weighted by atomic mass is 10.2. The Morgan fingerprint density at radius 1 is 1.16 bits per heavy atom. The summed E-state index contributed by atoms with van der Waals surface area (Å²) in [5, 5.41) is 6.72. The maximum atomic E-state index is 13.0. The maximum absolute atomic E-state index is 13.0. The highest BCUT2D eigenvalue weighted by molar-refractivity contribution is 5.94. The van der Waals surface area contributed by atoms with E-state index in [-0.39, 0.29) is 11.9 Å². The second kappa shape index (κ2) is 10.1. The van der Waals surface area contributed by atoms with E-state index in [1.54, 1.807) is 42.1 Å². The number of carbonyl (C=O) groups is 2. The van der Waals surface area contributed by atoms with Gasteiger partial charge in [-0.2, -0.15) is 0 Å². The van der Waals surface area contributed by atoms with Gasteiger partial charge in [0.2, 0.25) is 0 Å². The van der Waals surface area contributed by atoms with E-state index in [0.717, 1.165) is 0 Å². The van der Waals surface area contributed by atoms with Crippen molar-refractivity contribution in [3.05, 3.63) is 41.0 Å². The summed E-state index contributed by atoms with van der Waals surface area (Å²) in [5.74, 6) is 6.56. The van der Waals surface area contributed by atoms with Crippen LogP contribution in [0.5, 0.6) is 0 Å². The molecule has 0 aromatic carbocycles. The Kier molecular flexibility index (Phi) is 7.26. The summed E-state index contributed by atoms with van der Waals surface area (Å²) in [5.41, 5.74) is 2.45. The number of carbonyl (C=O) groups excluding carboxylic acids is 2. The van der Waals surface area contributed by atoms with Crippen LogP contribution in [0.1, 0.15) is 33.8 Å². The maximum Gasteiger partial charge on any atom is 0.322 e. The molecule has 0 atom stereocenters. The van der Waals surface area contributed by atoms with Gasteiger partial charge in [-0.15, -0.1) is 0 Å². The molecule has 1 aliphatic heterocycles. The van der Waals surface area contributed by atoms with Crippen molar-refractivity contribution in [1.82, 2.24) is 24.8 Å². The minimum atomic E-state index is -0.219. The number of urea groups is 1. The van der Waals surface area contributed by atoms with E-state index < -0.39 is 0 Å². The fourth-order valence-corrected chi connectivity index (χ4v) is 3.28. The third-order valence-corrected chi connectivity index (χ3v) is 4.95. The number of amides is 3. The van der Waals surface area contributed by atoms with Crippen LogP contribution < -0.4 is 5.32 Å². The van der Waals surface area contributed by atoms with Crippen LogP contribution in [0, 0.1) is 25.7 Å². The summed E-state index contributed by atoms with van der Waals surface area (Å²) in [6.45, 7) is 6.20. The first-order valence-electron chi connectivity index (χ1n) is 10.2. The molecule has 0 aliphatic carbocycles. The van der Waals surface area contributed by atoms with E-state index in [4.69, 9.17) is 4.52 Å². The van der Waals surface area contributed by atoms with Gasteiger partial charge < -0.3 is 19.6 Å². The number of hydrogen-bond acceptors (Lipinski definition) is 6. The highest BCUT2D eigenvalue weighted by Gasteiger charge is 2.24. The lowest BCUT2D eigenvalue weighted by Crippen LogP contribution is -2.39.